The topological polar surface area (TPSA) is 53.9 Å². The first-order valence-electron chi connectivity index (χ1n) is 8.27. The first-order chi connectivity index (χ1) is 11.0. The van der Waals surface area contributed by atoms with Gasteiger partial charge in [0, 0.05) is 43.0 Å². The van der Waals surface area contributed by atoms with Crippen molar-refractivity contribution in [1.82, 2.24) is 19.9 Å². The highest BCUT2D eigenvalue weighted by atomic mass is 32.1. The first-order valence-corrected chi connectivity index (χ1v) is 9.15. The summed E-state index contributed by atoms with van der Waals surface area (Å²) in [7, 11) is 0. The first kappa shape index (κ1) is 16.3. The van der Waals surface area contributed by atoms with Crippen LogP contribution in [0.4, 0.5) is 5.82 Å². The standard InChI is InChI=1S/C17H25N5S/c1-11(2)18-17-15-5-7-22(9-14-10-23-13(4)21-14)8-6-16(15)19-12(3)20-17/h10-11H,5-9H2,1-4H3,(H,18,19,20). The van der Waals surface area contributed by atoms with Crippen molar-refractivity contribution in [2.24, 2.45) is 0 Å². The second kappa shape index (κ2) is 6.93. The Bertz CT molecular complexity index is 680. The molecule has 23 heavy (non-hydrogen) atoms. The third-order valence-electron chi connectivity index (χ3n) is 4.02. The minimum Gasteiger partial charge on any atom is -0.368 e. The maximum atomic E-state index is 4.70. The molecule has 1 aliphatic heterocycles. The van der Waals surface area contributed by atoms with Crippen molar-refractivity contribution in [2.75, 3.05) is 18.4 Å². The van der Waals surface area contributed by atoms with Gasteiger partial charge in [-0.1, -0.05) is 0 Å². The van der Waals surface area contributed by atoms with Gasteiger partial charge in [-0.15, -0.1) is 11.3 Å². The SMILES string of the molecule is Cc1nc2c(c(NC(C)C)n1)CCN(Cc1csc(C)n1)CC2. The molecule has 2 aromatic rings. The van der Waals surface area contributed by atoms with Crippen LogP contribution in [0.15, 0.2) is 5.38 Å². The number of fused-ring (bicyclic) bond motifs is 1. The Morgan fingerprint density at radius 2 is 1.96 bits per heavy atom. The highest BCUT2D eigenvalue weighted by molar-refractivity contribution is 7.09. The largest absolute Gasteiger partial charge is 0.368 e. The van der Waals surface area contributed by atoms with Gasteiger partial charge in [0.1, 0.15) is 11.6 Å². The molecule has 0 aromatic carbocycles. The Balaban J connectivity index is 1.76. The van der Waals surface area contributed by atoms with E-state index in [1.165, 1.54) is 17.0 Å². The molecule has 3 rings (SSSR count). The zero-order valence-electron chi connectivity index (χ0n) is 14.4. The van der Waals surface area contributed by atoms with Gasteiger partial charge in [0.2, 0.25) is 0 Å². The average Bonchev–Trinajstić information content (AvgIpc) is 2.76. The third kappa shape index (κ3) is 4.06. The van der Waals surface area contributed by atoms with Gasteiger partial charge in [-0.25, -0.2) is 15.0 Å². The van der Waals surface area contributed by atoms with Gasteiger partial charge in [-0.2, -0.15) is 0 Å². The molecule has 124 valence electrons. The number of aromatic nitrogens is 3. The highest BCUT2D eigenvalue weighted by Gasteiger charge is 2.20. The number of aryl methyl sites for hydroxylation is 2. The lowest BCUT2D eigenvalue weighted by molar-refractivity contribution is 0.276. The van der Waals surface area contributed by atoms with Gasteiger partial charge in [0.15, 0.2) is 0 Å². The van der Waals surface area contributed by atoms with Crippen molar-refractivity contribution in [3.63, 3.8) is 0 Å². The lowest BCUT2D eigenvalue weighted by Gasteiger charge is -2.18. The molecule has 0 bridgehead atoms. The smallest absolute Gasteiger partial charge is 0.133 e. The number of thiazole rings is 1. The molecule has 0 amide bonds. The lowest BCUT2D eigenvalue weighted by Crippen LogP contribution is -2.26. The third-order valence-corrected chi connectivity index (χ3v) is 4.85. The normalized spacial score (nSPS) is 15.5. The summed E-state index contributed by atoms with van der Waals surface area (Å²) in [6.07, 6.45) is 1.97. The summed E-state index contributed by atoms with van der Waals surface area (Å²) in [5.41, 5.74) is 3.68. The van der Waals surface area contributed by atoms with Crippen LogP contribution >= 0.6 is 11.3 Å². The van der Waals surface area contributed by atoms with Crippen molar-refractivity contribution in [3.05, 3.63) is 33.2 Å². The lowest BCUT2D eigenvalue weighted by atomic mass is 10.1. The van der Waals surface area contributed by atoms with Gasteiger partial charge in [0.25, 0.3) is 0 Å². The average molecular weight is 331 g/mol. The number of nitrogens with zero attached hydrogens (tertiary/aromatic N) is 4. The predicted molar refractivity (Wildman–Crippen MR) is 95.1 cm³/mol. The van der Waals surface area contributed by atoms with Crippen LogP contribution in [0.1, 0.15) is 41.6 Å². The van der Waals surface area contributed by atoms with Gasteiger partial charge >= 0.3 is 0 Å². The van der Waals surface area contributed by atoms with Crippen LogP contribution < -0.4 is 5.32 Å². The van der Waals surface area contributed by atoms with Gasteiger partial charge < -0.3 is 5.32 Å². The summed E-state index contributed by atoms with van der Waals surface area (Å²) in [4.78, 5) is 16.4. The second-order valence-corrected chi connectivity index (χ2v) is 7.54. The number of nitrogens with one attached hydrogen (secondary N) is 1. The number of hydrogen-bond acceptors (Lipinski definition) is 6. The van der Waals surface area contributed by atoms with E-state index < -0.39 is 0 Å². The highest BCUT2D eigenvalue weighted by Crippen LogP contribution is 2.23. The molecular formula is C17H25N5S. The van der Waals surface area contributed by atoms with Gasteiger partial charge in [0.05, 0.1) is 16.4 Å². The fourth-order valence-corrected chi connectivity index (χ4v) is 3.63. The van der Waals surface area contributed by atoms with Crippen molar-refractivity contribution >= 4 is 17.2 Å². The Morgan fingerprint density at radius 3 is 2.65 bits per heavy atom. The molecule has 0 unspecified atom stereocenters. The number of anilines is 1. The van der Waals surface area contributed by atoms with Crippen molar-refractivity contribution in [3.8, 4) is 0 Å². The molecule has 0 fully saturated rings. The Morgan fingerprint density at radius 1 is 1.17 bits per heavy atom. The number of rotatable bonds is 4. The van der Waals surface area contributed by atoms with Crippen LogP contribution in [0, 0.1) is 13.8 Å². The molecule has 0 saturated carbocycles. The Kier molecular flexibility index (Phi) is 4.92. The summed E-state index contributed by atoms with van der Waals surface area (Å²) < 4.78 is 0. The molecule has 0 spiro atoms. The van der Waals surface area contributed by atoms with Crippen LogP contribution in [0.3, 0.4) is 0 Å². The zero-order valence-corrected chi connectivity index (χ0v) is 15.2. The minimum atomic E-state index is 0.380. The van der Waals surface area contributed by atoms with E-state index in [1.54, 1.807) is 11.3 Å². The fraction of sp³-hybridized carbons (Fsp3) is 0.588. The molecule has 0 atom stereocenters. The number of hydrogen-bond donors (Lipinski definition) is 1. The van der Waals surface area contributed by atoms with E-state index in [2.05, 4.69) is 46.3 Å². The zero-order chi connectivity index (χ0) is 16.4. The summed E-state index contributed by atoms with van der Waals surface area (Å²) in [6, 6.07) is 0.380. The molecular weight excluding hydrogens is 306 g/mol. The van der Waals surface area contributed by atoms with Crippen molar-refractivity contribution in [1.29, 1.82) is 0 Å². The van der Waals surface area contributed by atoms with E-state index in [1.807, 2.05) is 6.92 Å². The molecule has 1 N–H and O–H groups in total. The molecule has 0 radical (unpaired) electrons. The maximum Gasteiger partial charge on any atom is 0.133 e. The van der Waals surface area contributed by atoms with Crippen LogP contribution in [0.25, 0.3) is 0 Å². The molecule has 6 heteroatoms. The Labute approximate surface area is 142 Å². The molecule has 3 heterocycles. The summed E-state index contributed by atoms with van der Waals surface area (Å²) >= 11 is 1.73. The van der Waals surface area contributed by atoms with E-state index in [4.69, 9.17) is 4.98 Å². The maximum absolute atomic E-state index is 4.70. The van der Waals surface area contributed by atoms with Crippen molar-refractivity contribution in [2.45, 2.75) is 53.1 Å². The molecule has 0 saturated heterocycles. The monoisotopic (exact) mass is 331 g/mol. The molecule has 0 aliphatic carbocycles. The van der Waals surface area contributed by atoms with E-state index in [-0.39, 0.29) is 0 Å². The summed E-state index contributed by atoms with van der Waals surface area (Å²) in [5.74, 6) is 1.88. The van der Waals surface area contributed by atoms with Crippen LogP contribution in [0.5, 0.6) is 0 Å². The quantitative estimate of drug-likeness (QED) is 0.933. The molecule has 1 aliphatic rings. The van der Waals surface area contributed by atoms with Crippen molar-refractivity contribution < 1.29 is 0 Å². The van der Waals surface area contributed by atoms with E-state index in [0.717, 1.165) is 49.1 Å². The van der Waals surface area contributed by atoms with Crippen LogP contribution in [-0.2, 0) is 19.4 Å². The van der Waals surface area contributed by atoms with E-state index in [9.17, 15) is 0 Å². The van der Waals surface area contributed by atoms with E-state index >= 15 is 0 Å². The minimum absolute atomic E-state index is 0.380. The van der Waals surface area contributed by atoms with Gasteiger partial charge in [-0.05, 0) is 34.1 Å². The van der Waals surface area contributed by atoms with Gasteiger partial charge in [-0.3, -0.25) is 4.90 Å². The molecule has 2 aromatic heterocycles. The second-order valence-electron chi connectivity index (χ2n) is 6.48. The predicted octanol–water partition coefficient (Wildman–Crippen LogP) is 2.97. The van der Waals surface area contributed by atoms with Crippen LogP contribution in [0.2, 0.25) is 0 Å². The van der Waals surface area contributed by atoms with E-state index in [0.29, 0.717) is 6.04 Å². The molecule has 5 nitrogen and oxygen atoms in total. The fourth-order valence-electron chi connectivity index (χ4n) is 3.03. The summed E-state index contributed by atoms with van der Waals surface area (Å²) in [5, 5.41) is 6.80. The van der Waals surface area contributed by atoms with Crippen LogP contribution in [-0.4, -0.2) is 39.0 Å². The Hall–Kier alpha value is -1.53. The summed E-state index contributed by atoms with van der Waals surface area (Å²) in [6.45, 7) is 11.3.